The van der Waals surface area contributed by atoms with Gasteiger partial charge in [-0.1, -0.05) is 25.0 Å². The highest BCUT2D eigenvalue weighted by Gasteiger charge is 2.29. The van der Waals surface area contributed by atoms with E-state index in [0.29, 0.717) is 6.04 Å². The third-order valence-corrected chi connectivity index (χ3v) is 4.17. The van der Waals surface area contributed by atoms with Gasteiger partial charge in [0, 0.05) is 19.0 Å². The number of ether oxygens (including phenoxy) is 1. The van der Waals surface area contributed by atoms with E-state index in [1.54, 1.807) is 0 Å². The SMILES string of the molecule is CC(CC1CC1)NCc1ccc2c(c1)CC(C)(C)O2. The molecular weight excluding hydrogens is 234 g/mol. The van der Waals surface area contributed by atoms with Gasteiger partial charge in [-0.3, -0.25) is 0 Å². The first-order valence-electron chi connectivity index (χ1n) is 7.56. The summed E-state index contributed by atoms with van der Waals surface area (Å²) in [5.41, 5.74) is 2.70. The summed E-state index contributed by atoms with van der Waals surface area (Å²) in [5, 5.41) is 3.64. The predicted molar refractivity (Wildman–Crippen MR) is 78.5 cm³/mol. The van der Waals surface area contributed by atoms with Crippen LogP contribution in [0, 0.1) is 5.92 Å². The van der Waals surface area contributed by atoms with Crippen LogP contribution >= 0.6 is 0 Å². The highest BCUT2D eigenvalue weighted by Crippen LogP contribution is 2.35. The number of benzene rings is 1. The minimum atomic E-state index is -0.0341. The summed E-state index contributed by atoms with van der Waals surface area (Å²) >= 11 is 0. The minimum absolute atomic E-state index is 0.0341. The number of hydrogen-bond donors (Lipinski definition) is 1. The van der Waals surface area contributed by atoms with E-state index in [9.17, 15) is 0 Å². The average Bonchev–Trinajstić information content (AvgIpc) is 3.07. The summed E-state index contributed by atoms with van der Waals surface area (Å²) in [7, 11) is 0. The molecule has 1 atom stereocenters. The molecule has 0 spiro atoms. The van der Waals surface area contributed by atoms with Crippen LogP contribution in [0.25, 0.3) is 0 Å². The maximum absolute atomic E-state index is 5.92. The van der Waals surface area contributed by atoms with Gasteiger partial charge in [0.05, 0.1) is 0 Å². The number of fused-ring (bicyclic) bond motifs is 1. The van der Waals surface area contributed by atoms with Crippen LogP contribution in [0.3, 0.4) is 0 Å². The standard InChI is InChI=1S/C17H25NO/c1-12(8-13-4-5-13)18-11-14-6-7-16-15(9-14)10-17(2,3)19-16/h6-7,9,12-13,18H,4-5,8,10-11H2,1-3H3. The maximum Gasteiger partial charge on any atom is 0.123 e. The van der Waals surface area contributed by atoms with Gasteiger partial charge in [-0.05, 0) is 50.3 Å². The molecule has 1 saturated carbocycles. The molecular formula is C17H25NO. The zero-order valence-electron chi connectivity index (χ0n) is 12.3. The first kappa shape index (κ1) is 13.0. The molecule has 1 aliphatic heterocycles. The summed E-state index contributed by atoms with van der Waals surface area (Å²) in [6, 6.07) is 7.26. The Hall–Kier alpha value is -1.02. The van der Waals surface area contributed by atoms with E-state index in [0.717, 1.165) is 24.6 Å². The quantitative estimate of drug-likeness (QED) is 0.871. The summed E-state index contributed by atoms with van der Waals surface area (Å²) in [4.78, 5) is 0. The molecule has 1 aromatic rings. The van der Waals surface area contributed by atoms with E-state index in [1.165, 1.54) is 30.4 Å². The molecule has 1 aliphatic carbocycles. The van der Waals surface area contributed by atoms with Gasteiger partial charge >= 0.3 is 0 Å². The van der Waals surface area contributed by atoms with Gasteiger partial charge in [0.1, 0.15) is 11.4 Å². The lowest BCUT2D eigenvalue weighted by atomic mass is 10.00. The average molecular weight is 259 g/mol. The zero-order chi connectivity index (χ0) is 13.5. The van der Waals surface area contributed by atoms with Crippen molar-refractivity contribution in [1.29, 1.82) is 0 Å². The van der Waals surface area contributed by atoms with E-state index in [1.807, 2.05) is 0 Å². The van der Waals surface area contributed by atoms with Crippen LogP contribution in [0.5, 0.6) is 5.75 Å². The minimum Gasteiger partial charge on any atom is -0.487 e. The zero-order valence-corrected chi connectivity index (χ0v) is 12.3. The molecule has 0 aromatic heterocycles. The van der Waals surface area contributed by atoms with Crippen LogP contribution in [0.15, 0.2) is 18.2 Å². The van der Waals surface area contributed by atoms with Crippen LogP contribution in [0.4, 0.5) is 0 Å². The predicted octanol–water partition coefficient (Wildman–Crippen LogP) is 3.68. The largest absolute Gasteiger partial charge is 0.487 e. The summed E-state index contributed by atoms with van der Waals surface area (Å²) in [5.74, 6) is 2.07. The van der Waals surface area contributed by atoms with Crippen molar-refractivity contribution < 1.29 is 4.74 Å². The van der Waals surface area contributed by atoms with Crippen LogP contribution in [0.1, 0.15) is 51.2 Å². The lowest BCUT2D eigenvalue weighted by Gasteiger charge is -2.16. The van der Waals surface area contributed by atoms with Crippen molar-refractivity contribution in [3.05, 3.63) is 29.3 Å². The summed E-state index contributed by atoms with van der Waals surface area (Å²) in [6.45, 7) is 7.59. The van der Waals surface area contributed by atoms with Crippen LogP contribution in [-0.4, -0.2) is 11.6 Å². The van der Waals surface area contributed by atoms with Crippen LogP contribution < -0.4 is 10.1 Å². The molecule has 2 heteroatoms. The normalized spacial score (nSPS) is 21.8. The first-order chi connectivity index (χ1) is 9.02. The smallest absolute Gasteiger partial charge is 0.123 e. The number of nitrogens with one attached hydrogen (secondary N) is 1. The Morgan fingerprint density at radius 3 is 2.89 bits per heavy atom. The Balaban J connectivity index is 1.57. The Bertz CT molecular complexity index is 462. The second-order valence-corrected chi connectivity index (χ2v) is 6.94. The molecule has 1 unspecified atom stereocenters. The van der Waals surface area contributed by atoms with Crippen molar-refractivity contribution in [1.82, 2.24) is 5.32 Å². The molecule has 1 N–H and O–H groups in total. The van der Waals surface area contributed by atoms with Gasteiger partial charge in [0.15, 0.2) is 0 Å². The Kier molecular flexibility index (Phi) is 3.30. The van der Waals surface area contributed by atoms with Crippen molar-refractivity contribution in [2.75, 3.05) is 0 Å². The molecule has 0 amide bonds. The topological polar surface area (TPSA) is 21.3 Å². The van der Waals surface area contributed by atoms with E-state index >= 15 is 0 Å². The van der Waals surface area contributed by atoms with E-state index in [-0.39, 0.29) is 5.60 Å². The number of rotatable bonds is 5. The van der Waals surface area contributed by atoms with Crippen molar-refractivity contribution in [2.24, 2.45) is 5.92 Å². The van der Waals surface area contributed by atoms with E-state index < -0.39 is 0 Å². The summed E-state index contributed by atoms with van der Waals surface area (Å²) < 4.78 is 5.92. The van der Waals surface area contributed by atoms with E-state index in [2.05, 4.69) is 44.3 Å². The highest BCUT2D eigenvalue weighted by atomic mass is 16.5. The molecule has 0 radical (unpaired) electrons. The first-order valence-corrected chi connectivity index (χ1v) is 7.56. The Morgan fingerprint density at radius 1 is 1.37 bits per heavy atom. The Morgan fingerprint density at radius 2 is 2.16 bits per heavy atom. The fourth-order valence-electron chi connectivity index (χ4n) is 3.00. The molecule has 1 aromatic carbocycles. The number of hydrogen-bond acceptors (Lipinski definition) is 2. The molecule has 3 rings (SSSR count). The Labute approximate surface area is 116 Å². The van der Waals surface area contributed by atoms with Crippen molar-refractivity contribution >= 4 is 0 Å². The van der Waals surface area contributed by atoms with Gasteiger partial charge in [0.25, 0.3) is 0 Å². The van der Waals surface area contributed by atoms with Crippen LogP contribution in [-0.2, 0) is 13.0 Å². The molecule has 1 heterocycles. The second kappa shape index (κ2) is 4.82. The third kappa shape index (κ3) is 3.30. The third-order valence-electron chi connectivity index (χ3n) is 4.17. The molecule has 2 nitrogen and oxygen atoms in total. The molecule has 0 saturated heterocycles. The monoisotopic (exact) mass is 259 g/mol. The lowest BCUT2D eigenvalue weighted by Crippen LogP contribution is -2.25. The summed E-state index contributed by atoms with van der Waals surface area (Å²) in [6.07, 6.45) is 5.24. The molecule has 19 heavy (non-hydrogen) atoms. The van der Waals surface area contributed by atoms with Gasteiger partial charge in [-0.25, -0.2) is 0 Å². The fourth-order valence-corrected chi connectivity index (χ4v) is 3.00. The highest BCUT2D eigenvalue weighted by molar-refractivity contribution is 5.41. The van der Waals surface area contributed by atoms with E-state index in [4.69, 9.17) is 4.74 Å². The second-order valence-electron chi connectivity index (χ2n) is 6.94. The van der Waals surface area contributed by atoms with Gasteiger partial charge in [-0.15, -0.1) is 0 Å². The fraction of sp³-hybridized carbons (Fsp3) is 0.647. The molecule has 1 fully saturated rings. The van der Waals surface area contributed by atoms with Crippen molar-refractivity contribution in [2.45, 2.75) is 64.6 Å². The maximum atomic E-state index is 5.92. The van der Waals surface area contributed by atoms with Crippen LogP contribution in [0.2, 0.25) is 0 Å². The van der Waals surface area contributed by atoms with Crippen molar-refractivity contribution in [3.8, 4) is 5.75 Å². The van der Waals surface area contributed by atoms with Gasteiger partial charge in [-0.2, -0.15) is 0 Å². The van der Waals surface area contributed by atoms with Gasteiger partial charge in [0.2, 0.25) is 0 Å². The molecule has 2 aliphatic rings. The molecule has 104 valence electrons. The lowest BCUT2D eigenvalue weighted by molar-refractivity contribution is 0.138. The molecule has 0 bridgehead atoms. The van der Waals surface area contributed by atoms with Gasteiger partial charge < -0.3 is 10.1 Å². The van der Waals surface area contributed by atoms with Crippen molar-refractivity contribution in [3.63, 3.8) is 0 Å².